The molecule has 3 rings (SSSR count). The van der Waals surface area contributed by atoms with E-state index in [1.807, 2.05) is 42.5 Å². The van der Waals surface area contributed by atoms with Crippen molar-refractivity contribution in [1.29, 1.82) is 5.53 Å². The number of hydrogen-bond donors (Lipinski definition) is 3. The van der Waals surface area contributed by atoms with Gasteiger partial charge in [-0.1, -0.05) is 72.0 Å². The van der Waals surface area contributed by atoms with Crippen molar-refractivity contribution < 1.29 is 0 Å². The maximum atomic E-state index is 6.75. The summed E-state index contributed by atoms with van der Waals surface area (Å²) in [6.07, 6.45) is 0. The van der Waals surface area contributed by atoms with Gasteiger partial charge in [0.1, 0.15) is 0 Å². The smallest absolute Gasteiger partial charge is 0.155 e. The van der Waals surface area contributed by atoms with Crippen LogP contribution in [0.3, 0.4) is 0 Å². The first-order valence-corrected chi connectivity index (χ1v) is 7.95. The molecule has 0 heterocycles. The van der Waals surface area contributed by atoms with Gasteiger partial charge < -0.3 is 11.1 Å². The zero-order valence-corrected chi connectivity index (χ0v) is 13.7. The van der Waals surface area contributed by atoms with Gasteiger partial charge in [-0.25, -0.2) is 0 Å². The van der Waals surface area contributed by atoms with Gasteiger partial charge in [-0.2, -0.15) is 5.53 Å². The molecule has 0 fully saturated rings. The van der Waals surface area contributed by atoms with Crippen molar-refractivity contribution in [2.75, 3.05) is 5.32 Å². The molecule has 0 saturated carbocycles. The van der Waals surface area contributed by atoms with Gasteiger partial charge in [-0.05, 0) is 28.8 Å². The highest BCUT2D eigenvalue weighted by atomic mass is 15.3. The molecule has 0 amide bonds. The van der Waals surface area contributed by atoms with Crippen LogP contribution in [0.4, 0.5) is 5.69 Å². The number of anilines is 1. The summed E-state index contributed by atoms with van der Waals surface area (Å²) in [6.45, 7) is 0.707. The second-order valence-electron chi connectivity index (χ2n) is 5.58. The Hall–Kier alpha value is -3.47. The Kier molecular flexibility index (Phi) is 5.16. The molecule has 124 valence electrons. The average molecular weight is 329 g/mol. The number of nitrogens with two attached hydrogens (primary N) is 1. The fraction of sp³-hybridized carbons (Fsp3) is 0.0500. The molecule has 0 aliphatic rings. The van der Waals surface area contributed by atoms with Crippen LogP contribution in [0.5, 0.6) is 0 Å². The van der Waals surface area contributed by atoms with Crippen LogP contribution in [0.15, 0.2) is 89.2 Å². The summed E-state index contributed by atoms with van der Waals surface area (Å²) in [4.78, 5) is 0. The number of benzene rings is 3. The van der Waals surface area contributed by atoms with Crippen molar-refractivity contribution in [1.82, 2.24) is 0 Å². The second kappa shape index (κ2) is 7.88. The lowest BCUT2D eigenvalue weighted by molar-refractivity contribution is 0.986. The number of amidine groups is 1. The van der Waals surface area contributed by atoms with E-state index in [2.05, 4.69) is 52.0 Å². The van der Waals surface area contributed by atoms with Gasteiger partial charge in [0.15, 0.2) is 5.84 Å². The zero-order valence-electron chi connectivity index (χ0n) is 13.7. The lowest BCUT2D eigenvalue weighted by atomic mass is 10.0. The second-order valence-corrected chi connectivity index (χ2v) is 5.58. The van der Waals surface area contributed by atoms with E-state index < -0.39 is 0 Å². The molecular formula is C20H19N5. The quantitative estimate of drug-likeness (QED) is 0.267. The molecule has 4 N–H and O–H groups in total. The Morgan fingerprint density at radius 3 is 2.32 bits per heavy atom. The monoisotopic (exact) mass is 329 g/mol. The highest BCUT2D eigenvalue weighted by molar-refractivity contribution is 5.98. The molecule has 0 bridgehead atoms. The largest absolute Gasteiger partial charge is 0.382 e. The van der Waals surface area contributed by atoms with Crippen LogP contribution in [0, 0.1) is 5.53 Å². The van der Waals surface area contributed by atoms with Crippen molar-refractivity contribution in [2.24, 2.45) is 16.1 Å². The molecule has 3 aromatic carbocycles. The number of hydrogen-bond acceptors (Lipinski definition) is 3. The first-order valence-electron chi connectivity index (χ1n) is 7.95. The summed E-state index contributed by atoms with van der Waals surface area (Å²) in [5.41, 5.74) is 17.8. The molecule has 0 aliphatic carbocycles. The normalized spacial score (nSPS) is 11.1. The topological polar surface area (TPSA) is 86.6 Å². The zero-order chi connectivity index (χ0) is 17.5. The lowest BCUT2D eigenvalue weighted by Gasteiger charge is -2.09. The first-order chi connectivity index (χ1) is 12.3. The third-order valence-corrected chi connectivity index (χ3v) is 3.87. The Morgan fingerprint density at radius 1 is 0.880 bits per heavy atom. The van der Waals surface area contributed by atoms with Gasteiger partial charge in [0, 0.05) is 17.8 Å². The summed E-state index contributed by atoms with van der Waals surface area (Å²) >= 11 is 0. The molecule has 3 aromatic rings. The Bertz CT molecular complexity index is 870. The van der Waals surface area contributed by atoms with Crippen LogP contribution in [0.25, 0.3) is 11.1 Å². The number of nitrogens with one attached hydrogen (secondary N) is 2. The first kappa shape index (κ1) is 16.4. The van der Waals surface area contributed by atoms with Gasteiger partial charge in [-0.15, -0.1) is 5.10 Å². The Balaban J connectivity index is 1.67. The summed E-state index contributed by atoms with van der Waals surface area (Å²) in [5.74, 6) is 0.228. The summed E-state index contributed by atoms with van der Waals surface area (Å²) in [7, 11) is 0. The third kappa shape index (κ3) is 4.29. The van der Waals surface area contributed by atoms with E-state index in [1.54, 1.807) is 0 Å². The van der Waals surface area contributed by atoms with Crippen LogP contribution in [-0.4, -0.2) is 5.84 Å². The van der Waals surface area contributed by atoms with Crippen LogP contribution < -0.4 is 11.1 Å². The fourth-order valence-electron chi connectivity index (χ4n) is 2.55. The van der Waals surface area contributed by atoms with Gasteiger partial charge in [-0.3, -0.25) is 0 Å². The van der Waals surface area contributed by atoms with Crippen molar-refractivity contribution in [3.8, 4) is 11.1 Å². The molecule has 5 nitrogen and oxygen atoms in total. The lowest BCUT2D eigenvalue weighted by Crippen LogP contribution is -2.12. The maximum Gasteiger partial charge on any atom is 0.155 e. The van der Waals surface area contributed by atoms with E-state index in [1.165, 1.54) is 16.7 Å². The molecule has 0 spiro atoms. The van der Waals surface area contributed by atoms with E-state index >= 15 is 0 Å². The van der Waals surface area contributed by atoms with E-state index in [9.17, 15) is 0 Å². The van der Waals surface area contributed by atoms with Crippen molar-refractivity contribution in [3.05, 3.63) is 90.0 Å². The van der Waals surface area contributed by atoms with E-state index in [4.69, 9.17) is 11.3 Å². The number of rotatable bonds is 6. The predicted octanol–water partition coefficient (Wildman–Crippen LogP) is 4.62. The molecule has 0 aliphatic heterocycles. The molecule has 25 heavy (non-hydrogen) atoms. The van der Waals surface area contributed by atoms with Crippen molar-refractivity contribution in [3.63, 3.8) is 0 Å². The molecule has 0 radical (unpaired) electrons. The summed E-state index contributed by atoms with van der Waals surface area (Å²) < 4.78 is 0. The van der Waals surface area contributed by atoms with Crippen LogP contribution in [0.1, 0.15) is 11.1 Å². The predicted molar refractivity (Wildman–Crippen MR) is 102 cm³/mol. The van der Waals surface area contributed by atoms with E-state index in [0.717, 1.165) is 11.3 Å². The van der Waals surface area contributed by atoms with Gasteiger partial charge in [0.05, 0.1) is 0 Å². The minimum Gasteiger partial charge on any atom is -0.382 e. The summed E-state index contributed by atoms with van der Waals surface area (Å²) in [5, 5.41) is 9.88. The van der Waals surface area contributed by atoms with Crippen molar-refractivity contribution >= 4 is 11.5 Å². The highest BCUT2D eigenvalue weighted by Gasteiger charge is 2.01. The van der Waals surface area contributed by atoms with Crippen LogP contribution in [-0.2, 0) is 6.54 Å². The van der Waals surface area contributed by atoms with Gasteiger partial charge >= 0.3 is 0 Å². The molecule has 0 unspecified atom stereocenters. The number of nitrogens with zero attached hydrogens (tertiary/aromatic N) is 2. The average Bonchev–Trinajstić information content (AvgIpc) is 2.68. The fourth-order valence-corrected chi connectivity index (χ4v) is 2.55. The van der Waals surface area contributed by atoms with Crippen molar-refractivity contribution in [2.45, 2.75) is 6.54 Å². The standard InChI is InChI=1S/C20H19N5/c21-20(24-25-22)18-7-4-8-19(13-18)23-14-15-9-11-17(12-10-15)16-5-2-1-3-6-16/h1-13,23H,14H2,(H3,21,22,24). The van der Waals surface area contributed by atoms with Crippen LogP contribution in [0.2, 0.25) is 0 Å². The minimum absolute atomic E-state index is 0.228. The molecule has 0 atom stereocenters. The molecular weight excluding hydrogens is 310 g/mol. The SMILES string of the molecule is N=NN=C(N)c1cccc(NCc2ccc(-c3ccccc3)cc2)c1. The third-order valence-electron chi connectivity index (χ3n) is 3.87. The Morgan fingerprint density at radius 2 is 1.60 bits per heavy atom. The van der Waals surface area contributed by atoms with Gasteiger partial charge in [0.25, 0.3) is 0 Å². The molecule has 0 saturated heterocycles. The van der Waals surface area contributed by atoms with E-state index in [-0.39, 0.29) is 5.84 Å². The highest BCUT2D eigenvalue weighted by Crippen LogP contribution is 2.20. The van der Waals surface area contributed by atoms with Crippen LogP contribution >= 0.6 is 0 Å². The Labute approximate surface area is 146 Å². The molecule has 0 aromatic heterocycles. The molecule has 5 heteroatoms. The minimum atomic E-state index is 0.228. The maximum absolute atomic E-state index is 6.75. The summed E-state index contributed by atoms with van der Waals surface area (Å²) in [6, 6.07) is 26.4. The van der Waals surface area contributed by atoms with E-state index in [0.29, 0.717) is 6.54 Å². The van der Waals surface area contributed by atoms with Gasteiger partial charge in [0.2, 0.25) is 0 Å².